The Hall–Kier alpha value is -2.29. The zero-order valence-corrected chi connectivity index (χ0v) is 13.5. The number of ether oxygens (including phenoxy) is 1. The van der Waals surface area contributed by atoms with Gasteiger partial charge in [0.15, 0.2) is 6.10 Å². The van der Waals surface area contributed by atoms with Gasteiger partial charge < -0.3 is 10.1 Å². The number of rotatable bonds is 5. The van der Waals surface area contributed by atoms with Crippen molar-refractivity contribution in [1.29, 1.82) is 0 Å². The van der Waals surface area contributed by atoms with E-state index in [0.29, 0.717) is 6.42 Å². The van der Waals surface area contributed by atoms with Crippen molar-refractivity contribution in [2.24, 2.45) is 0 Å². The lowest BCUT2D eigenvalue weighted by molar-refractivity contribution is -0.122. The van der Waals surface area contributed by atoms with Gasteiger partial charge in [0.25, 0.3) is 5.91 Å². The summed E-state index contributed by atoms with van der Waals surface area (Å²) in [7, 11) is 0. The van der Waals surface area contributed by atoms with Gasteiger partial charge in [0, 0.05) is 5.69 Å². The molecule has 1 aliphatic carbocycles. The minimum atomic E-state index is -0.475. The Labute approximate surface area is 137 Å². The highest BCUT2D eigenvalue weighted by Crippen LogP contribution is 2.26. The second-order valence-corrected chi connectivity index (χ2v) is 6.01. The largest absolute Gasteiger partial charge is 0.481 e. The van der Waals surface area contributed by atoms with Gasteiger partial charge >= 0.3 is 0 Å². The molecule has 0 aliphatic heterocycles. The summed E-state index contributed by atoms with van der Waals surface area (Å²) < 4.78 is 5.95. The Kier molecular flexibility index (Phi) is 4.96. The van der Waals surface area contributed by atoms with E-state index < -0.39 is 6.10 Å². The van der Waals surface area contributed by atoms with Crippen LogP contribution in [0.15, 0.2) is 48.5 Å². The Morgan fingerprint density at radius 2 is 1.83 bits per heavy atom. The summed E-state index contributed by atoms with van der Waals surface area (Å²) in [6, 6.07) is 15.7. The van der Waals surface area contributed by atoms with E-state index in [4.69, 9.17) is 4.74 Å². The third-order valence-electron chi connectivity index (χ3n) is 4.30. The maximum absolute atomic E-state index is 12.4. The second-order valence-electron chi connectivity index (χ2n) is 6.01. The van der Waals surface area contributed by atoms with Crippen molar-refractivity contribution in [2.45, 2.75) is 45.1 Å². The Balaban J connectivity index is 1.68. The zero-order chi connectivity index (χ0) is 16.1. The molecular formula is C20H23NO2. The molecule has 0 saturated carbocycles. The van der Waals surface area contributed by atoms with E-state index in [2.05, 4.69) is 17.4 Å². The number of aryl methyl sites for hydroxylation is 2. The number of para-hydroxylation sites is 1. The standard InChI is InChI=1S/C20H23NO2/c1-2-19(20(22)21-17-10-4-3-5-11-17)23-18-13-12-15-8-6-7-9-16(15)14-18/h3-5,10-14,19H,2,6-9H2,1H3,(H,21,22). The number of nitrogens with one attached hydrogen (secondary N) is 1. The fourth-order valence-corrected chi connectivity index (χ4v) is 3.01. The molecule has 2 aromatic rings. The molecule has 2 aromatic carbocycles. The van der Waals surface area contributed by atoms with Gasteiger partial charge in [0.1, 0.15) is 5.75 Å². The monoisotopic (exact) mass is 309 g/mol. The van der Waals surface area contributed by atoms with E-state index in [-0.39, 0.29) is 5.91 Å². The van der Waals surface area contributed by atoms with Crippen LogP contribution in [0.5, 0.6) is 5.75 Å². The van der Waals surface area contributed by atoms with E-state index in [1.165, 1.54) is 24.0 Å². The van der Waals surface area contributed by atoms with Crippen molar-refractivity contribution in [3.63, 3.8) is 0 Å². The maximum Gasteiger partial charge on any atom is 0.265 e. The molecule has 23 heavy (non-hydrogen) atoms. The molecule has 1 atom stereocenters. The molecule has 1 unspecified atom stereocenters. The van der Waals surface area contributed by atoms with Crippen LogP contribution in [-0.4, -0.2) is 12.0 Å². The van der Waals surface area contributed by atoms with Crippen LogP contribution in [0.3, 0.4) is 0 Å². The number of anilines is 1. The molecule has 3 nitrogen and oxygen atoms in total. The summed E-state index contributed by atoms with van der Waals surface area (Å²) in [6.45, 7) is 1.97. The lowest BCUT2D eigenvalue weighted by Crippen LogP contribution is -2.32. The second kappa shape index (κ2) is 7.32. The average Bonchev–Trinajstić information content (AvgIpc) is 2.60. The van der Waals surface area contributed by atoms with Crippen molar-refractivity contribution in [1.82, 2.24) is 0 Å². The molecule has 1 amide bonds. The highest BCUT2D eigenvalue weighted by Gasteiger charge is 2.19. The average molecular weight is 309 g/mol. The van der Waals surface area contributed by atoms with Gasteiger partial charge in [-0.05, 0) is 67.5 Å². The molecule has 0 spiro atoms. The normalized spacial score (nSPS) is 14.7. The van der Waals surface area contributed by atoms with Gasteiger partial charge in [-0.15, -0.1) is 0 Å². The molecule has 1 aliphatic rings. The molecule has 1 N–H and O–H groups in total. The van der Waals surface area contributed by atoms with Gasteiger partial charge in [-0.2, -0.15) is 0 Å². The van der Waals surface area contributed by atoms with Gasteiger partial charge in [-0.3, -0.25) is 4.79 Å². The van der Waals surface area contributed by atoms with E-state index in [9.17, 15) is 4.79 Å². The first-order valence-corrected chi connectivity index (χ1v) is 8.40. The summed E-state index contributed by atoms with van der Waals surface area (Å²) in [5, 5.41) is 2.91. The van der Waals surface area contributed by atoms with Crippen molar-refractivity contribution in [3.8, 4) is 5.75 Å². The number of fused-ring (bicyclic) bond motifs is 1. The van der Waals surface area contributed by atoms with Crippen LogP contribution < -0.4 is 10.1 Å². The fourth-order valence-electron chi connectivity index (χ4n) is 3.01. The molecule has 0 bridgehead atoms. The van der Waals surface area contributed by atoms with Crippen molar-refractivity contribution < 1.29 is 9.53 Å². The van der Waals surface area contributed by atoms with Crippen LogP contribution in [-0.2, 0) is 17.6 Å². The van der Waals surface area contributed by atoms with Crippen LogP contribution in [0, 0.1) is 0 Å². The molecule has 0 fully saturated rings. The van der Waals surface area contributed by atoms with Gasteiger partial charge in [-0.1, -0.05) is 31.2 Å². The van der Waals surface area contributed by atoms with Gasteiger partial charge in [-0.25, -0.2) is 0 Å². The van der Waals surface area contributed by atoms with Crippen molar-refractivity contribution in [2.75, 3.05) is 5.32 Å². The first-order valence-electron chi connectivity index (χ1n) is 8.40. The summed E-state index contributed by atoms with van der Waals surface area (Å²) in [5.74, 6) is 0.692. The summed E-state index contributed by atoms with van der Waals surface area (Å²) >= 11 is 0. The molecule has 0 saturated heterocycles. The highest BCUT2D eigenvalue weighted by molar-refractivity contribution is 5.94. The zero-order valence-electron chi connectivity index (χ0n) is 13.5. The third-order valence-corrected chi connectivity index (χ3v) is 4.30. The van der Waals surface area contributed by atoms with E-state index in [1.54, 1.807) is 0 Å². The molecule has 0 radical (unpaired) electrons. The minimum Gasteiger partial charge on any atom is -0.481 e. The van der Waals surface area contributed by atoms with Crippen LogP contribution in [0.1, 0.15) is 37.3 Å². The smallest absolute Gasteiger partial charge is 0.265 e. The van der Waals surface area contributed by atoms with Crippen molar-refractivity contribution in [3.05, 3.63) is 59.7 Å². The molecular weight excluding hydrogens is 286 g/mol. The van der Waals surface area contributed by atoms with Crippen LogP contribution >= 0.6 is 0 Å². The molecule has 3 rings (SSSR count). The van der Waals surface area contributed by atoms with E-state index >= 15 is 0 Å². The number of amides is 1. The number of hydrogen-bond donors (Lipinski definition) is 1. The molecule has 0 heterocycles. The lowest BCUT2D eigenvalue weighted by Gasteiger charge is -2.20. The summed E-state index contributed by atoms with van der Waals surface area (Å²) in [6.07, 6.45) is 4.93. The van der Waals surface area contributed by atoms with Crippen molar-refractivity contribution >= 4 is 11.6 Å². The number of hydrogen-bond acceptors (Lipinski definition) is 2. The lowest BCUT2D eigenvalue weighted by atomic mass is 9.92. The first-order chi connectivity index (χ1) is 11.3. The summed E-state index contributed by atoms with van der Waals surface area (Å²) in [5.41, 5.74) is 3.59. The Morgan fingerprint density at radius 3 is 2.57 bits per heavy atom. The predicted octanol–water partition coefficient (Wildman–Crippen LogP) is 4.36. The predicted molar refractivity (Wildman–Crippen MR) is 92.9 cm³/mol. The van der Waals surface area contributed by atoms with E-state index in [1.807, 2.05) is 43.3 Å². The minimum absolute atomic E-state index is 0.101. The van der Waals surface area contributed by atoms with Gasteiger partial charge in [0.05, 0.1) is 0 Å². The highest BCUT2D eigenvalue weighted by atomic mass is 16.5. The van der Waals surface area contributed by atoms with Gasteiger partial charge in [0.2, 0.25) is 0 Å². The van der Waals surface area contributed by atoms with Crippen LogP contribution in [0.4, 0.5) is 5.69 Å². The summed E-state index contributed by atoms with van der Waals surface area (Å²) in [4.78, 5) is 12.4. The third kappa shape index (κ3) is 3.92. The topological polar surface area (TPSA) is 38.3 Å². The quantitative estimate of drug-likeness (QED) is 0.891. The molecule has 120 valence electrons. The Morgan fingerprint density at radius 1 is 1.09 bits per heavy atom. The number of carbonyl (C=O) groups excluding carboxylic acids is 1. The molecule has 0 aromatic heterocycles. The molecule has 3 heteroatoms. The maximum atomic E-state index is 12.4. The Bertz CT molecular complexity index is 667. The van der Waals surface area contributed by atoms with Crippen LogP contribution in [0.2, 0.25) is 0 Å². The van der Waals surface area contributed by atoms with E-state index in [0.717, 1.165) is 24.3 Å². The number of benzene rings is 2. The SMILES string of the molecule is CCC(Oc1ccc2c(c1)CCCC2)C(=O)Nc1ccccc1. The first kappa shape index (κ1) is 15.6. The fraction of sp³-hybridized carbons (Fsp3) is 0.350. The number of carbonyl (C=O) groups is 1. The van der Waals surface area contributed by atoms with Crippen LogP contribution in [0.25, 0.3) is 0 Å².